The lowest BCUT2D eigenvalue weighted by atomic mass is 10.3. The zero-order chi connectivity index (χ0) is 15.5. The third-order valence-electron chi connectivity index (χ3n) is 2.75. The number of carbonyl (C=O) groups excluding carboxylic acids is 1. The van der Waals surface area contributed by atoms with E-state index in [0.717, 1.165) is 7.88 Å². The van der Waals surface area contributed by atoms with Gasteiger partial charge < -0.3 is 5.73 Å². The van der Waals surface area contributed by atoms with Crippen molar-refractivity contribution >= 4 is 44.2 Å². The van der Waals surface area contributed by atoms with Gasteiger partial charge in [-0.05, 0) is 59.0 Å². The van der Waals surface area contributed by atoms with Gasteiger partial charge in [0.1, 0.15) is 6.54 Å². The molecular weight excluding hydrogens is 403 g/mol. The molecule has 0 heterocycles. The smallest absolute Gasteiger partial charge is 0.264 e. The van der Waals surface area contributed by atoms with Crippen LogP contribution in [-0.2, 0) is 14.8 Å². The second-order valence-electron chi connectivity index (χ2n) is 4.27. The molecule has 0 atom stereocenters. The van der Waals surface area contributed by atoms with Crippen molar-refractivity contribution < 1.29 is 13.2 Å². The summed E-state index contributed by atoms with van der Waals surface area (Å²) in [4.78, 5) is 11.4. The Morgan fingerprint density at radius 2 is 1.62 bits per heavy atom. The first-order valence-electron chi connectivity index (χ1n) is 6.03. The van der Waals surface area contributed by atoms with Crippen LogP contribution in [0.3, 0.4) is 0 Å². The van der Waals surface area contributed by atoms with E-state index in [9.17, 15) is 13.2 Å². The SMILES string of the molecule is NC(=O)CN(c1ccc(I)cc1)S(=O)(=O)c1ccccc1. The maximum absolute atomic E-state index is 12.7. The van der Waals surface area contributed by atoms with E-state index < -0.39 is 22.5 Å². The van der Waals surface area contributed by atoms with Crippen molar-refractivity contribution in [3.63, 3.8) is 0 Å². The Balaban J connectivity index is 2.50. The first kappa shape index (κ1) is 15.8. The van der Waals surface area contributed by atoms with Crippen LogP contribution in [0.4, 0.5) is 5.69 Å². The Morgan fingerprint density at radius 1 is 1.05 bits per heavy atom. The molecule has 5 nitrogen and oxygen atoms in total. The quantitative estimate of drug-likeness (QED) is 0.757. The summed E-state index contributed by atoms with van der Waals surface area (Å²) < 4.78 is 27.3. The summed E-state index contributed by atoms with van der Waals surface area (Å²) in [5.41, 5.74) is 5.59. The van der Waals surface area contributed by atoms with Gasteiger partial charge in [-0.1, -0.05) is 18.2 Å². The fourth-order valence-electron chi connectivity index (χ4n) is 1.78. The first-order valence-corrected chi connectivity index (χ1v) is 8.55. The standard InChI is InChI=1S/C14H13IN2O3S/c15-11-6-8-12(9-7-11)17(10-14(16)18)21(19,20)13-4-2-1-3-5-13/h1-9H,10H2,(H2,16,18). The van der Waals surface area contributed by atoms with Crippen LogP contribution < -0.4 is 10.0 Å². The zero-order valence-corrected chi connectivity index (χ0v) is 13.9. The van der Waals surface area contributed by atoms with Crippen LogP contribution in [0, 0.1) is 3.57 Å². The molecule has 0 aromatic heterocycles. The lowest BCUT2D eigenvalue weighted by Crippen LogP contribution is -2.38. The summed E-state index contributed by atoms with van der Waals surface area (Å²) >= 11 is 2.12. The van der Waals surface area contributed by atoms with Crippen LogP contribution in [0.15, 0.2) is 59.5 Å². The normalized spacial score (nSPS) is 11.1. The Morgan fingerprint density at radius 3 is 2.14 bits per heavy atom. The minimum atomic E-state index is -3.83. The molecular formula is C14H13IN2O3S. The highest BCUT2D eigenvalue weighted by atomic mass is 127. The second-order valence-corrected chi connectivity index (χ2v) is 7.38. The van der Waals surface area contributed by atoms with Crippen molar-refractivity contribution in [2.45, 2.75) is 4.90 Å². The highest BCUT2D eigenvalue weighted by Crippen LogP contribution is 2.24. The van der Waals surface area contributed by atoms with Gasteiger partial charge in [0.05, 0.1) is 10.6 Å². The van der Waals surface area contributed by atoms with Gasteiger partial charge in [0.2, 0.25) is 5.91 Å². The van der Waals surface area contributed by atoms with Crippen molar-refractivity contribution in [2.24, 2.45) is 5.73 Å². The summed E-state index contributed by atoms with van der Waals surface area (Å²) in [6.07, 6.45) is 0. The number of sulfonamides is 1. The molecule has 0 aliphatic carbocycles. The third kappa shape index (κ3) is 3.73. The van der Waals surface area contributed by atoms with Crippen molar-refractivity contribution in [1.82, 2.24) is 0 Å². The van der Waals surface area contributed by atoms with E-state index in [1.54, 1.807) is 42.5 Å². The number of halogens is 1. The van der Waals surface area contributed by atoms with E-state index in [1.807, 2.05) is 0 Å². The molecule has 0 aliphatic rings. The monoisotopic (exact) mass is 416 g/mol. The summed E-state index contributed by atoms with van der Waals surface area (Å²) in [5.74, 6) is -0.715. The molecule has 1 amide bonds. The Kier molecular flexibility index (Phi) is 4.84. The van der Waals surface area contributed by atoms with Crippen molar-refractivity contribution in [1.29, 1.82) is 0 Å². The van der Waals surface area contributed by atoms with Crippen molar-refractivity contribution in [3.8, 4) is 0 Å². The van der Waals surface area contributed by atoms with E-state index in [2.05, 4.69) is 22.6 Å². The van der Waals surface area contributed by atoms with E-state index in [-0.39, 0.29) is 4.90 Å². The molecule has 0 unspecified atom stereocenters. The molecule has 0 spiro atoms. The number of benzene rings is 2. The number of carbonyl (C=O) groups is 1. The Hall–Kier alpha value is -1.61. The van der Waals surface area contributed by atoms with E-state index in [1.165, 1.54) is 12.1 Å². The molecule has 0 radical (unpaired) electrons. The molecule has 0 fully saturated rings. The van der Waals surface area contributed by atoms with Gasteiger partial charge >= 0.3 is 0 Å². The van der Waals surface area contributed by atoms with Gasteiger partial charge in [-0.15, -0.1) is 0 Å². The minimum absolute atomic E-state index is 0.116. The molecule has 0 saturated carbocycles. The van der Waals surface area contributed by atoms with Crippen LogP contribution >= 0.6 is 22.6 Å². The number of hydrogen-bond donors (Lipinski definition) is 1. The molecule has 2 aromatic carbocycles. The molecule has 21 heavy (non-hydrogen) atoms. The van der Waals surface area contributed by atoms with Gasteiger partial charge in [0, 0.05) is 3.57 Å². The fourth-order valence-corrected chi connectivity index (χ4v) is 3.60. The van der Waals surface area contributed by atoms with E-state index in [0.29, 0.717) is 5.69 Å². The maximum atomic E-state index is 12.7. The zero-order valence-electron chi connectivity index (χ0n) is 10.9. The molecule has 0 saturated heterocycles. The third-order valence-corrected chi connectivity index (χ3v) is 5.25. The molecule has 2 rings (SSSR count). The van der Waals surface area contributed by atoms with E-state index in [4.69, 9.17) is 5.73 Å². The van der Waals surface area contributed by atoms with E-state index >= 15 is 0 Å². The van der Waals surface area contributed by atoms with Crippen LogP contribution in [0.5, 0.6) is 0 Å². The Bertz CT molecular complexity index is 731. The van der Waals surface area contributed by atoms with Gasteiger partial charge in [0.15, 0.2) is 0 Å². The number of rotatable bonds is 5. The molecule has 0 aliphatic heterocycles. The predicted octanol–water partition coefficient (Wildman–Crippen LogP) is 1.97. The average Bonchev–Trinajstić information content (AvgIpc) is 2.46. The second kappa shape index (κ2) is 6.44. The number of nitrogens with two attached hydrogens (primary N) is 1. The van der Waals surface area contributed by atoms with Crippen molar-refractivity contribution in [2.75, 3.05) is 10.8 Å². The number of amides is 1. The van der Waals surface area contributed by atoms with Crippen LogP contribution in [0.1, 0.15) is 0 Å². The summed E-state index contributed by atoms with van der Waals surface area (Å²) in [7, 11) is -3.83. The van der Waals surface area contributed by atoms with Gasteiger partial charge in [-0.2, -0.15) is 0 Å². The van der Waals surface area contributed by atoms with Crippen LogP contribution in [-0.4, -0.2) is 20.9 Å². The summed E-state index contributed by atoms with van der Waals surface area (Å²) in [6.45, 7) is -0.405. The fraction of sp³-hybridized carbons (Fsp3) is 0.0714. The van der Waals surface area contributed by atoms with Crippen LogP contribution in [0.2, 0.25) is 0 Å². The highest BCUT2D eigenvalue weighted by Gasteiger charge is 2.26. The topological polar surface area (TPSA) is 80.5 Å². The number of nitrogens with zero attached hydrogens (tertiary/aromatic N) is 1. The van der Waals surface area contributed by atoms with Crippen molar-refractivity contribution in [3.05, 3.63) is 58.2 Å². The first-order chi connectivity index (χ1) is 9.91. The minimum Gasteiger partial charge on any atom is -0.368 e. The average molecular weight is 416 g/mol. The van der Waals surface area contributed by atoms with Gasteiger partial charge in [0.25, 0.3) is 10.0 Å². The molecule has 110 valence electrons. The van der Waals surface area contributed by atoms with Crippen LogP contribution in [0.25, 0.3) is 0 Å². The number of primary amides is 1. The Labute approximate surface area is 137 Å². The number of hydrogen-bond acceptors (Lipinski definition) is 3. The number of anilines is 1. The molecule has 2 aromatic rings. The summed E-state index contributed by atoms with van der Waals surface area (Å²) in [5, 5.41) is 0. The lowest BCUT2D eigenvalue weighted by Gasteiger charge is -2.23. The lowest BCUT2D eigenvalue weighted by molar-refractivity contribution is -0.116. The van der Waals surface area contributed by atoms with Gasteiger partial charge in [-0.3, -0.25) is 9.10 Å². The largest absolute Gasteiger partial charge is 0.368 e. The highest BCUT2D eigenvalue weighted by molar-refractivity contribution is 14.1. The maximum Gasteiger partial charge on any atom is 0.264 e. The molecule has 0 bridgehead atoms. The molecule has 7 heteroatoms. The summed E-state index contributed by atoms with van der Waals surface area (Å²) in [6, 6.07) is 14.8. The predicted molar refractivity (Wildman–Crippen MR) is 89.3 cm³/mol. The molecule has 2 N–H and O–H groups in total. The van der Waals surface area contributed by atoms with Gasteiger partial charge in [-0.25, -0.2) is 8.42 Å².